The van der Waals surface area contributed by atoms with Crippen LogP contribution in [0.25, 0.3) is 0 Å². The van der Waals surface area contributed by atoms with E-state index in [9.17, 15) is 0 Å². The predicted octanol–water partition coefficient (Wildman–Crippen LogP) is -0.0415. The van der Waals surface area contributed by atoms with E-state index in [0.29, 0.717) is 6.42 Å². The van der Waals surface area contributed by atoms with Crippen LogP contribution in [0.2, 0.25) is 0 Å². The molecule has 0 spiro atoms. The van der Waals surface area contributed by atoms with Crippen LogP contribution in [0.15, 0.2) is 30.3 Å². The van der Waals surface area contributed by atoms with Crippen molar-refractivity contribution in [2.75, 3.05) is 0 Å². The molecule has 0 fully saturated rings. The van der Waals surface area contributed by atoms with Crippen molar-refractivity contribution in [2.45, 2.75) is 18.8 Å². The molecule has 4 heteroatoms. The van der Waals surface area contributed by atoms with Crippen molar-refractivity contribution in [3.8, 4) is 0 Å². The number of hydrogen-bond acceptors (Lipinski definition) is 3. The van der Waals surface area contributed by atoms with Gasteiger partial charge < -0.3 is 15.8 Å². The fourth-order valence-electron chi connectivity index (χ4n) is 1.13. The lowest BCUT2D eigenvalue weighted by molar-refractivity contribution is 0.382. The maximum atomic E-state index is 8.73. The molecule has 1 aromatic rings. The molecule has 1 aromatic carbocycles. The van der Waals surface area contributed by atoms with Crippen molar-refractivity contribution in [1.82, 2.24) is 0 Å². The molecule has 0 aliphatic carbocycles. The zero-order chi connectivity index (χ0) is 9.68. The zero-order valence-corrected chi connectivity index (χ0v) is 7.43. The lowest BCUT2D eigenvalue weighted by Crippen LogP contribution is -2.39. The summed E-state index contributed by atoms with van der Waals surface area (Å²) in [6.07, 6.45) is 1.36. The summed E-state index contributed by atoms with van der Waals surface area (Å²) in [6, 6.07) is 9.85. The minimum absolute atomic E-state index is 0.555. The van der Waals surface area contributed by atoms with Crippen LogP contribution in [-0.4, -0.2) is 23.1 Å². The van der Waals surface area contributed by atoms with Gasteiger partial charge in [-0.2, -0.15) is 0 Å². The summed E-state index contributed by atoms with van der Waals surface area (Å²) >= 11 is 0. The molecule has 70 valence electrons. The first kappa shape index (κ1) is 10.2. The molecule has 0 amide bonds. The van der Waals surface area contributed by atoms with Crippen molar-refractivity contribution in [3.05, 3.63) is 35.9 Å². The molecule has 4 N–H and O–H groups in total. The summed E-state index contributed by atoms with van der Waals surface area (Å²) in [5.41, 5.74) is 6.63. The fourth-order valence-corrected chi connectivity index (χ4v) is 1.13. The summed E-state index contributed by atoms with van der Waals surface area (Å²) in [6.45, 7) is 0. The van der Waals surface area contributed by atoms with Gasteiger partial charge in [-0.1, -0.05) is 30.3 Å². The molecule has 0 saturated carbocycles. The van der Waals surface area contributed by atoms with E-state index in [1.807, 2.05) is 30.3 Å². The number of rotatable bonds is 4. The molecule has 0 aliphatic rings. The minimum atomic E-state index is -1.41. The molecule has 1 rings (SSSR count). The second kappa shape index (κ2) is 5.02. The summed E-state index contributed by atoms with van der Waals surface area (Å²) in [7, 11) is -1.41. The first-order valence-electron chi connectivity index (χ1n) is 4.36. The highest BCUT2D eigenvalue weighted by molar-refractivity contribution is 6.43. The molecule has 0 saturated heterocycles. The van der Waals surface area contributed by atoms with E-state index < -0.39 is 13.1 Å². The number of aryl methyl sites for hydroxylation is 1. The number of nitrogens with two attached hydrogens (primary N) is 1. The molecule has 3 nitrogen and oxygen atoms in total. The lowest BCUT2D eigenvalue weighted by atomic mass is 9.77. The Bertz CT molecular complexity index is 241. The fraction of sp³-hybridized carbons (Fsp3) is 0.333. The smallest absolute Gasteiger partial charge is 0.426 e. The van der Waals surface area contributed by atoms with Gasteiger partial charge in [0.05, 0.1) is 0 Å². The molecule has 0 aliphatic heterocycles. The Morgan fingerprint density at radius 2 is 1.85 bits per heavy atom. The van der Waals surface area contributed by atoms with Gasteiger partial charge in [-0.3, -0.25) is 0 Å². The summed E-state index contributed by atoms with van der Waals surface area (Å²) < 4.78 is 0. The van der Waals surface area contributed by atoms with Crippen molar-refractivity contribution in [2.24, 2.45) is 5.73 Å². The van der Waals surface area contributed by atoms with Gasteiger partial charge in [-0.15, -0.1) is 0 Å². The molecule has 0 heterocycles. The number of benzene rings is 1. The molecule has 1 unspecified atom stereocenters. The van der Waals surface area contributed by atoms with Gasteiger partial charge in [0.25, 0.3) is 0 Å². The first-order chi connectivity index (χ1) is 6.20. The first-order valence-corrected chi connectivity index (χ1v) is 4.36. The molecule has 0 bridgehead atoms. The van der Waals surface area contributed by atoms with E-state index in [4.69, 9.17) is 15.8 Å². The summed E-state index contributed by atoms with van der Waals surface area (Å²) in [5.74, 6) is -0.555. The zero-order valence-electron chi connectivity index (χ0n) is 7.43. The molecule has 0 aromatic heterocycles. The van der Waals surface area contributed by atoms with Crippen LogP contribution < -0.4 is 5.73 Å². The van der Waals surface area contributed by atoms with Gasteiger partial charge in [0, 0.05) is 5.94 Å². The van der Waals surface area contributed by atoms with E-state index in [0.717, 1.165) is 6.42 Å². The second-order valence-corrected chi connectivity index (χ2v) is 3.10. The topological polar surface area (TPSA) is 66.5 Å². The largest absolute Gasteiger partial charge is 0.469 e. The Kier molecular flexibility index (Phi) is 3.95. The van der Waals surface area contributed by atoms with Crippen LogP contribution in [0.1, 0.15) is 12.0 Å². The van der Waals surface area contributed by atoms with Crippen molar-refractivity contribution < 1.29 is 10.0 Å². The molecule has 0 radical (unpaired) electrons. The van der Waals surface area contributed by atoms with Crippen LogP contribution in [-0.2, 0) is 6.42 Å². The highest BCUT2D eigenvalue weighted by Gasteiger charge is 2.17. The summed E-state index contributed by atoms with van der Waals surface area (Å²) in [4.78, 5) is 0. The van der Waals surface area contributed by atoms with E-state index in [1.54, 1.807) is 0 Å². The van der Waals surface area contributed by atoms with Crippen molar-refractivity contribution in [1.29, 1.82) is 0 Å². The van der Waals surface area contributed by atoms with Gasteiger partial charge in [-0.25, -0.2) is 0 Å². The highest BCUT2D eigenvalue weighted by atomic mass is 16.4. The molecular weight excluding hydrogens is 165 g/mol. The Labute approximate surface area is 78.3 Å². The van der Waals surface area contributed by atoms with Crippen LogP contribution >= 0.6 is 0 Å². The third-order valence-corrected chi connectivity index (χ3v) is 1.99. The quantitative estimate of drug-likeness (QED) is 0.568. The SMILES string of the molecule is NC(CCc1ccccc1)B(O)O. The minimum Gasteiger partial charge on any atom is -0.426 e. The Morgan fingerprint density at radius 3 is 2.38 bits per heavy atom. The van der Waals surface area contributed by atoms with Crippen LogP contribution in [0.4, 0.5) is 0 Å². The van der Waals surface area contributed by atoms with Crippen molar-refractivity contribution >= 4 is 7.12 Å². The molecule has 13 heavy (non-hydrogen) atoms. The van der Waals surface area contributed by atoms with E-state index in [2.05, 4.69) is 0 Å². The van der Waals surface area contributed by atoms with Crippen LogP contribution in [0, 0.1) is 0 Å². The molecule has 1 atom stereocenters. The van der Waals surface area contributed by atoms with E-state index in [-0.39, 0.29) is 0 Å². The van der Waals surface area contributed by atoms with Gasteiger partial charge in [0.15, 0.2) is 0 Å². The Hall–Kier alpha value is -0.835. The predicted molar refractivity (Wildman–Crippen MR) is 52.9 cm³/mol. The Morgan fingerprint density at radius 1 is 1.23 bits per heavy atom. The third kappa shape index (κ3) is 3.59. The average Bonchev–Trinajstić information content (AvgIpc) is 2.15. The van der Waals surface area contributed by atoms with Gasteiger partial charge in [0.1, 0.15) is 0 Å². The Balaban J connectivity index is 2.35. The highest BCUT2D eigenvalue weighted by Crippen LogP contribution is 2.04. The van der Waals surface area contributed by atoms with Crippen LogP contribution in [0.3, 0.4) is 0 Å². The lowest BCUT2D eigenvalue weighted by Gasteiger charge is -2.09. The van der Waals surface area contributed by atoms with E-state index >= 15 is 0 Å². The van der Waals surface area contributed by atoms with Gasteiger partial charge >= 0.3 is 7.12 Å². The monoisotopic (exact) mass is 179 g/mol. The summed E-state index contributed by atoms with van der Waals surface area (Å²) in [5, 5.41) is 17.5. The average molecular weight is 179 g/mol. The van der Waals surface area contributed by atoms with Gasteiger partial charge in [0.2, 0.25) is 0 Å². The number of hydrogen-bond donors (Lipinski definition) is 3. The maximum absolute atomic E-state index is 8.73. The molecular formula is C9H14BNO2. The maximum Gasteiger partial charge on any atom is 0.469 e. The third-order valence-electron chi connectivity index (χ3n) is 1.99. The van der Waals surface area contributed by atoms with Gasteiger partial charge in [-0.05, 0) is 18.4 Å². The second-order valence-electron chi connectivity index (χ2n) is 3.10. The normalized spacial score (nSPS) is 12.5. The van der Waals surface area contributed by atoms with E-state index in [1.165, 1.54) is 5.56 Å². The van der Waals surface area contributed by atoms with Crippen molar-refractivity contribution in [3.63, 3.8) is 0 Å². The standard InChI is InChI=1S/C9H14BNO2/c11-9(10(12)13)7-6-8-4-2-1-3-5-8/h1-5,9,12-13H,6-7,11H2. The van der Waals surface area contributed by atoms with Crippen LogP contribution in [0.5, 0.6) is 0 Å².